The topological polar surface area (TPSA) is 58.1 Å². The second kappa shape index (κ2) is 4.92. The van der Waals surface area contributed by atoms with Gasteiger partial charge in [0.1, 0.15) is 0 Å². The lowest BCUT2D eigenvalue weighted by Gasteiger charge is -2.32. The number of amides is 1. The zero-order valence-electron chi connectivity index (χ0n) is 9.39. The molecule has 1 aliphatic heterocycles. The summed E-state index contributed by atoms with van der Waals surface area (Å²) >= 11 is 0. The molecule has 2 rings (SSSR count). The van der Waals surface area contributed by atoms with Gasteiger partial charge in [0.05, 0.1) is 0 Å². The minimum atomic E-state index is 0.0504. The fourth-order valence-electron chi connectivity index (χ4n) is 1.97. The summed E-state index contributed by atoms with van der Waals surface area (Å²) in [6.07, 6.45) is 5.42. The molecular weight excluding hydrogens is 204 g/mol. The minimum Gasteiger partial charge on any atom is -0.353 e. The van der Waals surface area contributed by atoms with Crippen LogP contribution in [0.2, 0.25) is 0 Å². The molecule has 0 aliphatic carbocycles. The van der Waals surface area contributed by atoms with E-state index in [1.807, 2.05) is 6.07 Å². The summed E-state index contributed by atoms with van der Waals surface area (Å²) in [6.45, 7) is 3.36. The highest BCUT2D eigenvalue weighted by Gasteiger charge is 2.20. The van der Waals surface area contributed by atoms with Crippen molar-refractivity contribution in [2.75, 3.05) is 18.0 Å². The van der Waals surface area contributed by atoms with Crippen molar-refractivity contribution in [3.63, 3.8) is 0 Å². The number of aromatic nitrogens is 2. The Morgan fingerprint density at radius 1 is 1.38 bits per heavy atom. The van der Waals surface area contributed by atoms with Crippen LogP contribution in [0, 0.1) is 0 Å². The summed E-state index contributed by atoms with van der Waals surface area (Å²) < 4.78 is 0. The number of rotatable bonds is 2. The van der Waals surface area contributed by atoms with Gasteiger partial charge in [0, 0.05) is 38.4 Å². The second-order valence-electron chi connectivity index (χ2n) is 4.01. The monoisotopic (exact) mass is 220 g/mol. The third-order valence-corrected chi connectivity index (χ3v) is 2.74. The maximum Gasteiger partial charge on any atom is 0.225 e. The van der Waals surface area contributed by atoms with Crippen LogP contribution < -0.4 is 10.2 Å². The average molecular weight is 220 g/mol. The molecule has 5 nitrogen and oxygen atoms in total. The maximum atomic E-state index is 10.9. The first-order valence-corrected chi connectivity index (χ1v) is 5.55. The van der Waals surface area contributed by atoms with Crippen molar-refractivity contribution >= 4 is 11.9 Å². The van der Waals surface area contributed by atoms with Crippen LogP contribution in [-0.4, -0.2) is 35.0 Å². The van der Waals surface area contributed by atoms with E-state index < -0.39 is 0 Å². The number of carbonyl (C=O) groups is 1. The molecule has 1 aliphatic rings. The van der Waals surface area contributed by atoms with E-state index in [4.69, 9.17) is 0 Å². The van der Waals surface area contributed by atoms with E-state index >= 15 is 0 Å². The van der Waals surface area contributed by atoms with Crippen LogP contribution in [0.25, 0.3) is 0 Å². The fourth-order valence-corrected chi connectivity index (χ4v) is 1.97. The number of nitrogens with zero attached hydrogens (tertiary/aromatic N) is 3. The SMILES string of the molecule is CC(=O)NC1CCN(c2ncccn2)CC1. The van der Waals surface area contributed by atoms with E-state index in [0.717, 1.165) is 31.9 Å². The number of nitrogens with one attached hydrogen (secondary N) is 1. The molecule has 2 heterocycles. The van der Waals surface area contributed by atoms with Crippen molar-refractivity contribution in [1.29, 1.82) is 0 Å². The Hall–Kier alpha value is -1.65. The molecule has 0 aromatic carbocycles. The van der Waals surface area contributed by atoms with Crippen molar-refractivity contribution in [2.24, 2.45) is 0 Å². The summed E-state index contributed by atoms with van der Waals surface area (Å²) in [5.41, 5.74) is 0. The van der Waals surface area contributed by atoms with E-state index in [9.17, 15) is 4.79 Å². The largest absolute Gasteiger partial charge is 0.353 e. The van der Waals surface area contributed by atoms with Crippen LogP contribution in [0.1, 0.15) is 19.8 Å². The molecule has 1 aromatic heterocycles. The summed E-state index contributed by atoms with van der Waals surface area (Å²) in [4.78, 5) is 21.5. The number of hydrogen-bond acceptors (Lipinski definition) is 4. The van der Waals surface area contributed by atoms with Crippen LogP contribution in [0.3, 0.4) is 0 Å². The van der Waals surface area contributed by atoms with Gasteiger partial charge in [-0.25, -0.2) is 9.97 Å². The van der Waals surface area contributed by atoms with E-state index in [0.29, 0.717) is 6.04 Å². The number of anilines is 1. The molecule has 0 radical (unpaired) electrons. The standard InChI is InChI=1S/C11H16N4O/c1-9(16)14-10-3-7-15(8-4-10)11-12-5-2-6-13-11/h2,5-6,10H,3-4,7-8H2,1H3,(H,14,16). The minimum absolute atomic E-state index is 0.0504. The van der Waals surface area contributed by atoms with Gasteiger partial charge in [0.25, 0.3) is 0 Å². The van der Waals surface area contributed by atoms with Gasteiger partial charge in [-0.2, -0.15) is 0 Å². The van der Waals surface area contributed by atoms with Crippen LogP contribution in [0.15, 0.2) is 18.5 Å². The van der Waals surface area contributed by atoms with Crippen molar-refractivity contribution in [3.05, 3.63) is 18.5 Å². The molecular formula is C11H16N4O. The van der Waals surface area contributed by atoms with Crippen molar-refractivity contribution < 1.29 is 4.79 Å². The molecule has 0 atom stereocenters. The molecule has 1 saturated heterocycles. The number of carbonyl (C=O) groups excluding carboxylic acids is 1. The lowest BCUT2D eigenvalue weighted by atomic mass is 10.1. The first-order valence-electron chi connectivity index (χ1n) is 5.55. The van der Waals surface area contributed by atoms with Gasteiger partial charge in [-0.05, 0) is 18.9 Å². The number of hydrogen-bond donors (Lipinski definition) is 1. The van der Waals surface area contributed by atoms with Crippen molar-refractivity contribution in [2.45, 2.75) is 25.8 Å². The Balaban J connectivity index is 1.88. The molecule has 0 saturated carbocycles. The van der Waals surface area contributed by atoms with Gasteiger partial charge in [0.15, 0.2) is 0 Å². The molecule has 86 valence electrons. The predicted molar refractivity (Wildman–Crippen MR) is 61.1 cm³/mol. The first-order chi connectivity index (χ1) is 7.75. The van der Waals surface area contributed by atoms with E-state index in [1.54, 1.807) is 19.3 Å². The normalized spacial score (nSPS) is 17.2. The Bertz CT molecular complexity index is 346. The lowest BCUT2D eigenvalue weighted by molar-refractivity contribution is -0.119. The fraction of sp³-hybridized carbons (Fsp3) is 0.545. The van der Waals surface area contributed by atoms with Crippen LogP contribution in [0.4, 0.5) is 5.95 Å². The summed E-state index contributed by atoms with van der Waals surface area (Å²) in [6, 6.07) is 2.12. The first kappa shape index (κ1) is 10.9. The molecule has 16 heavy (non-hydrogen) atoms. The quantitative estimate of drug-likeness (QED) is 0.792. The van der Waals surface area contributed by atoms with Gasteiger partial charge in [-0.3, -0.25) is 4.79 Å². The molecule has 0 spiro atoms. The summed E-state index contributed by atoms with van der Waals surface area (Å²) in [5.74, 6) is 0.832. The van der Waals surface area contributed by atoms with Gasteiger partial charge < -0.3 is 10.2 Å². The average Bonchev–Trinajstić information content (AvgIpc) is 2.30. The van der Waals surface area contributed by atoms with Crippen LogP contribution in [0.5, 0.6) is 0 Å². The van der Waals surface area contributed by atoms with Crippen LogP contribution in [-0.2, 0) is 4.79 Å². The third-order valence-electron chi connectivity index (χ3n) is 2.74. The Morgan fingerprint density at radius 3 is 2.56 bits per heavy atom. The molecule has 0 unspecified atom stereocenters. The van der Waals surface area contributed by atoms with Gasteiger partial charge in [0.2, 0.25) is 11.9 Å². The molecule has 1 N–H and O–H groups in total. The molecule has 0 bridgehead atoms. The van der Waals surface area contributed by atoms with Gasteiger partial charge in [-0.1, -0.05) is 0 Å². The van der Waals surface area contributed by atoms with Crippen molar-refractivity contribution in [1.82, 2.24) is 15.3 Å². The van der Waals surface area contributed by atoms with E-state index in [-0.39, 0.29) is 5.91 Å². The lowest BCUT2D eigenvalue weighted by Crippen LogP contribution is -2.44. The maximum absolute atomic E-state index is 10.9. The summed E-state index contributed by atoms with van der Waals surface area (Å²) in [5, 5.41) is 2.95. The van der Waals surface area contributed by atoms with Crippen LogP contribution >= 0.6 is 0 Å². The van der Waals surface area contributed by atoms with E-state index in [1.165, 1.54) is 0 Å². The Morgan fingerprint density at radius 2 is 2.00 bits per heavy atom. The molecule has 1 aromatic rings. The number of piperidine rings is 1. The molecule has 1 amide bonds. The zero-order chi connectivity index (χ0) is 11.4. The Labute approximate surface area is 94.9 Å². The smallest absolute Gasteiger partial charge is 0.225 e. The van der Waals surface area contributed by atoms with E-state index in [2.05, 4.69) is 20.2 Å². The second-order valence-corrected chi connectivity index (χ2v) is 4.01. The highest BCUT2D eigenvalue weighted by atomic mass is 16.1. The molecule has 5 heteroatoms. The molecule has 1 fully saturated rings. The summed E-state index contributed by atoms with van der Waals surface area (Å²) in [7, 11) is 0. The third kappa shape index (κ3) is 2.68. The highest BCUT2D eigenvalue weighted by molar-refractivity contribution is 5.73. The highest BCUT2D eigenvalue weighted by Crippen LogP contribution is 2.14. The Kier molecular flexibility index (Phi) is 3.34. The predicted octanol–water partition coefficient (Wildman–Crippen LogP) is 0.581. The zero-order valence-corrected chi connectivity index (χ0v) is 9.39. The van der Waals surface area contributed by atoms with Gasteiger partial charge >= 0.3 is 0 Å². The van der Waals surface area contributed by atoms with Crippen molar-refractivity contribution in [3.8, 4) is 0 Å². The van der Waals surface area contributed by atoms with Gasteiger partial charge in [-0.15, -0.1) is 0 Å².